The van der Waals surface area contributed by atoms with Gasteiger partial charge in [-0.25, -0.2) is 0 Å². The molecule has 5 aliphatic carbocycles. The topological polar surface area (TPSA) is 111 Å². The summed E-state index contributed by atoms with van der Waals surface area (Å²) in [5, 5.41) is 0. The molecule has 0 spiro atoms. The van der Waals surface area contributed by atoms with Gasteiger partial charge in [0.1, 0.15) is 5.75 Å². The lowest BCUT2D eigenvalue weighted by atomic mass is 9.54. The predicted molar refractivity (Wildman–Crippen MR) is 358 cm³/mol. The van der Waals surface area contributed by atoms with E-state index in [0.29, 0.717) is 61.8 Å². The smallest absolute Gasteiger partial charge is 0.197 e. The summed E-state index contributed by atoms with van der Waals surface area (Å²) in [6.45, 7) is 36.3. The van der Waals surface area contributed by atoms with Crippen LogP contribution in [0, 0.1) is 30.6 Å². The highest BCUT2D eigenvalue weighted by Gasteiger charge is 2.52. The fraction of sp³-hybridized carbons (Fsp3) is 0.684. The highest BCUT2D eigenvalue weighted by molar-refractivity contribution is 5.46. The zero-order valence-corrected chi connectivity index (χ0v) is 58.1. The van der Waals surface area contributed by atoms with Crippen molar-refractivity contribution in [2.24, 2.45) is 23.7 Å². The van der Waals surface area contributed by atoms with E-state index in [1.807, 2.05) is 78.8 Å². The van der Waals surface area contributed by atoms with Gasteiger partial charge >= 0.3 is 0 Å². The molecule has 4 aromatic carbocycles. The second-order valence-corrected chi connectivity index (χ2v) is 25.6. The Morgan fingerprint density at radius 2 is 0.784 bits per heavy atom. The quantitative estimate of drug-likeness (QED) is 0.0434. The molecule has 5 aliphatic rings. The maximum Gasteiger partial charge on any atom is 0.197 e. The first-order valence-electron chi connectivity index (χ1n) is 34.3. The highest BCUT2D eigenvalue weighted by atomic mass is 16.7. The fourth-order valence-corrected chi connectivity index (χ4v) is 13.1. The van der Waals surface area contributed by atoms with Crippen LogP contribution >= 0.6 is 0 Å². The van der Waals surface area contributed by atoms with E-state index in [0.717, 1.165) is 78.3 Å². The molecule has 0 radical (unpaired) electrons. The van der Waals surface area contributed by atoms with Crippen molar-refractivity contribution < 1.29 is 56.8 Å². The SMILES string of the molecule is CCC(C)c1ccc(OC(C)OCCC2CCCCC2)c(C)c1.CCC(C)c1ccc(OCOC23CC4CC(CC(C4)C2)C3)c(OC)c1.CCOC(C)Oc1ccc(C(C)CC)cc1OC.CCOC(C)Oc1ccc(C(C)CC)cc1OC(C)OCC. The van der Waals surface area contributed by atoms with Gasteiger partial charge in [0.15, 0.2) is 66.5 Å². The van der Waals surface area contributed by atoms with Gasteiger partial charge in [0.05, 0.1) is 26.4 Å². The molecule has 12 nitrogen and oxygen atoms in total. The summed E-state index contributed by atoms with van der Waals surface area (Å²) in [6.07, 6.45) is 19.6. The summed E-state index contributed by atoms with van der Waals surface area (Å²) in [5.74, 6) is 11.1. The molecule has 8 atom stereocenters. The molecule has 9 rings (SSSR count). The van der Waals surface area contributed by atoms with Crippen LogP contribution in [-0.2, 0) is 23.7 Å². The molecule has 0 amide bonds. The molecule has 0 saturated heterocycles. The normalized spacial score (nSPS) is 21.2. The Morgan fingerprint density at radius 3 is 1.20 bits per heavy atom. The minimum atomic E-state index is -0.318. The number of methoxy groups -OCH3 is 2. The van der Waals surface area contributed by atoms with Gasteiger partial charge in [0.25, 0.3) is 0 Å². The summed E-state index contributed by atoms with van der Waals surface area (Å²) in [4.78, 5) is 0. The van der Waals surface area contributed by atoms with Gasteiger partial charge < -0.3 is 56.8 Å². The van der Waals surface area contributed by atoms with Crippen LogP contribution in [0.5, 0.6) is 40.2 Å². The molecular weight excluding hydrogens is 1100 g/mol. The monoisotopic (exact) mass is 1220 g/mol. The van der Waals surface area contributed by atoms with Gasteiger partial charge in [0, 0.05) is 19.8 Å². The van der Waals surface area contributed by atoms with E-state index in [-0.39, 0.29) is 30.8 Å². The van der Waals surface area contributed by atoms with E-state index in [1.165, 1.54) is 111 Å². The van der Waals surface area contributed by atoms with Crippen LogP contribution in [0.1, 0.15) is 258 Å². The average Bonchev–Trinajstić information content (AvgIpc) is 0.920. The minimum Gasteiger partial charge on any atom is -0.493 e. The van der Waals surface area contributed by atoms with Crippen molar-refractivity contribution in [2.45, 2.75) is 268 Å². The van der Waals surface area contributed by atoms with Crippen LogP contribution in [0.3, 0.4) is 0 Å². The third-order valence-electron chi connectivity index (χ3n) is 18.8. The zero-order valence-electron chi connectivity index (χ0n) is 58.1. The first kappa shape index (κ1) is 74.0. The maximum absolute atomic E-state index is 6.37. The number of ether oxygens (including phenoxy) is 12. The molecule has 8 unspecified atom stereocenters. The largest absolute Gasteiger partial charge is 0.493 e. The second kappa shape index (κ2) is 38.9. The molecule has 0 heterocycles. The van der Waals surface area contributed by atoms with Crippen molar-refractivity contribution in [2.75, 3.05) is 47.4 Å². The number of benzene rings is 4. The Hall–Kier alpha value is -4.72. The van der Waals surface area contributed by atoms with Gasteiger partial charge in [-0.05, 0) is 244 Å². The van der Waals surface area contributed by atoms with Crippen molar-refractivity contribution >= 4 is 0 Å². The highest BCUT2D eigenvalue weighted by Crippen LogP contribution is 2.57. The molecule has 12 heteroatoms. The van der Waals surface area contributed by atoms with Crippen molar-refractivity contribution in [3.8, 4) is 40.2 Å². The molecule has 0 N–H and O–H groups in total. The van der Waals surface area contributed by atoms with Gasteiger partial charge in [-0.15, -0.1) is 0 Å². The second-order valence-electron chi connectivity index (χ2n) is 25.6. The van der Waals surface area contributed by atoms with E-state index in [1.54, 1.807) is 14.2 Å². The summed E-state index contributed by atoms with van der Waals surface area (Å²) >= 11 is 0. The van der Waals surface area contributed by atoms with E-state index in [4.69, 9.17) is 56.8 Å². The van der Waals surface area contributed by atoms with E-state index < -0.39 is 0 Å². The van der Waals surface area contributed by atoms with Crippen LogP contribution in [0.4, 0.5) is 0 Å². The van der Waals surface area contributed by atoms with Gasteiger partial charge in [-0.2, -0.15) is 0 Å². The average molecular weight is 1230 g/mol. The molecule has 5 saturated carbocycles. The Kier molecular flexibility index (Phi) is 32.7. The lowest BCUT2D eigenvalue weighted by Crippen LogP contribution is -2.52. The number of hydrogen-bond acceptors (Lipinski definition) is 12. The predicted octanol–water partition coefficient (Wildman–Crippen LogP) is 20.4. The van der Waals surface area contributed by atoms with Crippen LogP contribution in [0.2, 0.25) is 0 Å². The first-order chi connectivity index (χ1) is 42.3. The van der Waals surface area contributed by atoms with Crippen LogP contribution < -0.4 is 33.2 Å². The van der Waals surface area contributed by atoms with Crippen molar-refractivity contribution in [3.05, 3.63) is 101 Å². The molecule has 496 valence electrons. The minimum absolute atomic E-state index is 0.0959. The summed E-state index contributed by atoms with van der Waals surface area (Å²) in [6, 6.07) is 25.0. The Labute approximate surface area is 534 Å². The zero-order chi connectivity index (χ0) is 64.2. The van der Waals surface area contributed by atoms with Crippen molar-refractivity contribution in [3.63, 3.8) is 0 Å². The summed E-state index contributed by atoms with van der Waals surface area (Å²) in [7, 11) is 3.37. The van der Waals surface area contributed by atoms with Crippen LogP contribution in [0.15, 0.2) is 72.8 Å². The molecule has 4 aromatic rings. The Balaban J connectivity index is 0.000000215. The molecule has 4 bridgehead atoms. The lowest BCUT2D eigenvalue weighted by Gasteiger charge is -2.56. The van der Waals surface area contributed by atoms with Gasteiger partial charge in [0.2, 0.25) is 0 Å². The molecule has 88 heavy (non-hydrogen) atoms. The Morgan fingerprint density at radius 1 is 0.420 bits per heavy atom. The molecule has 5 fully saturated rings. The number of hydrogen-bond donors (Lipinski definition) is 0. The van der Waals surface area contributed by atoms with E-state index in [2.05, 4.69) is 105 Å². The molecule has 0 aromatic heterocycles. The molecule has 0 aliphatic heterocycles. The third kappa shape index (κ3) is 23.8. The van der Waals surface area contributed by atoms with E-state index in [9.17, 15) is 0 Å². The van der Waals surface area contributed by atoms with Crippen LogP contribution in [-0.4, -0.2) is 78.2 Å². The molecular formula is C76H120O12. The number of aryl methyl sites for hydroxylation is 1. The van der Waals surface area contributed by atoms with Crippen LogP contribution in [0.25, 0.3) is 0 Å². The van der Waals surface area contributed by atoms with Crippen molar-refractivity contribution in [1.29, 1.82) is 0 Å². The maximum atomic E-state index is 6.37. The van der Waals surface area contributed by atoms with E-state index >= 15 is 0 Å². The Bertz CT molecular complexity index is 2520. The van der Waals surface area contributed by atoms with Crippen molar-refractivity contribution in [1.82, 2.24) is 0 Å². The lowest BCUT2D eigenvalue weighted by molar-refractivity contribution is -0.190. The summed E-state index contributed by atoms with van der Waals surface area (Å²) in [5.41, 5.74) is 6.49. The summed E-state index contributed by atoms with van der Waals surface area (Å²) < 4.78 is 68.8. The number of rotatable bonds is 32. The third-order valence-corrected chi connectivity index (χ3v) is 18.8. The van der Waals surface area contributed by atoms with Gasteiger partial charge in [-0.1, -0.05) is 118 Å². The van der Waals surface area contributed by atoms with Gasteiger partial charge in [-0.3, -0.25) is 0 Å². The standard InChI is InChI=1S/C22H32O3.C21H34O2.C18H30O4.C15H24O3/c1-4-15(2)19-5-6-20(21(10-19)23-3)24-14-25-22-11-16-7-17(12-22)9-18(8-16)13-22;1-5-16(2)20-11-12-21(17(3)15-20)23-18(4)22-14-13-19-9-7-6-8-10-19;1-7-13(4)16-10-11-17(21-14(5)19-8-2)18(12-16)22-15(6)20-9-3;1-6-11(3)13-8-9-14(15(10-13)16-5)18-12(4)17-7-2/h5-6,10,15-18H,4,7-9,11-14H2,1-3H3;11-12,15-16,18-19H,5-10,13-14H2,1-4H3;10-15H,7-9H2,1-6H3;8-12H,6-7H2,1-5H3. The first-order valence-corrected chi connectivity index (χ1v) is 34.3. The fourth-order valence-electron chi connectivity index (χ4n) is 13.1.